The maximum atomic E-state index is 5.74. The number of halogens is 2. The van der Waals surface area contributed by atoms with Crippen LogP contribution in [0.3, 0.4) is 0 Å². The molecule has 0 aliphatic heterocycles. The van der Waals surface area contributed by atoms with E-state index >= 15 is 0 Å². The molecule has 0 radical (unpaired) electrons. The van der Waals surface area contributed by atoms with Gasteiger partial charge in [-0.1, -0.05) is 65.2 Å². The van der Waals surface area contributed by atoms with Gasteiger partial charge in [0.1, 0.15) is 11.5 Å². The summed E-state index contributed by atoms with van der Waals surface area (Å²) < 4.78 is 13.5. The molecule has 0 saturated heterocycles. The molecule has 170 valence electrons. The van der Waals surface area contributed by atoms with Gasteiger partial charge < -0.3 is 9.47 Å². The first-order valence-electron chi connectivity index (χ1n) is 11.8. The van der Waals surface area contributed by atoms with Crippen molar-refractivity contribution in [2.75, 3.05) is 14.2 Å². The lowest BCUT2D eigenvalue weighted by Gasteiger charge is -2.33. The molecule has 0 unspecified atom stereocenters. The zero-order chi connectivity index (χ0) is 22.4. The van der Waals surface area contributed by atoms with Crippen LogP contribution in [-0.4, -0.2) is 14.2 Å². The number of hydrogen-bond acceptors (Lipinski definition) is 2. The molecule has 2 aromatic carbocycles. The maximum Gasteiger partial charge on any atom is 0.133 e. The Morgan fingerprint density at radius 3 is 1.42 bits per heavy atom. The van der Waals surface area contributed by atoms with Crippen molar-refractivity contribution in [3.05, 3.63) is 44.3 Å². The van der Waals surface area contributed by atoms with Crippen molar-refractivity contribution in [1.29, 1.82) is 0 Å². The normalized spacial score (nSPS) is 13.7. The van der Waals surface area contributed by atoms with Crippen LogP contribution in [0.4, 0.5) is 0 Å². The van der Waals surface area contributed by atoms with E-state index in [1.165, 1.54) is 86.5 Å². The fraction of sp³-hybridized carbons (Fsp3) is 0.556. The Labute approximate surface area is 205 Å². The molecule has 0 bridgehead atoms. The average Bonchev–Trinajstić information content (AvgIpc) is 3.01. The fourth-order valence-corrected chi connectivity index (χ4v) is 6.18. The zero-order valence-corrected chi connectivity index (χ0v) is 22.6. The maximum absolute atomic E-state index is 5.74. The van der Waals surface area contributed by atoms with E-state index in [4.69, 9.17) is 9.47 Å². The molecule has 1 aliphatic rings. The van der Waals surface area contributed by atoms with Crippen LogP contribution in [0.25, 0.3) is 11.1 Å². The van der Waals surface area contributed by atoms with E-state index in [0.29, 0.717) is 0 Å². The van der Waals surface area contributed by atoms with E-state index in [-0.39, 0.29) is 5.41 Å². The van der Waals surface area contributed by atoms with Crippen molar-refractivity contribution in [3.8, 4) is 22.6 Å². The summed E-state index contributed by atoms with van der Waals surface area (Å²) >= 11 is 7.46. The van der Waals surface area contributed by atoms with E-state index in [0.717, 1.165) is 20.4 Å². The summed E-state index contributed by atoms with van der Waals surface area (Å²) in [6, 6.07) is 9.09. The van der Waals surface area contributed by atoms with Gasteiger partial charge in [0.25, 0.3) is 0 Å². The predicted octanol–water partition coefficient (Wildman–Crippen LogP) is 9.44. The van der Waals surface area contributed by atoms with Crippen LogP contribution in [0.15, 0.2) is 33.2 Å². The van der Waals surface area contributed by atoms with Crippen molar-refractivity contribution in [3.63, 3.8) is 0 Å². The number of hydrogen-bond donors (Lipinski definition) is 0. The Hall–Kier alpha value is -1.00. The second-order valence-electron chi connectivity index (χ2n) is 8.77. The molecule has 0 atom stereocenters. The van der Waals surface area contributed by atoms with Gasteiger partial charge in [-0.3, -0.25) is 0 Å². The standard InChI is InChI=1S/C27H36Br2O2/c1-5-7-9-11-13-27(14-12-10-8-6-2)21-17-25(30-3)23(28)15-19(21)20-16-24(29)26(31-4)18-22(20)27/h15-18H,5-14H2,1-4H3. The summed E-state index contributed by atoms with van der Waals surface area (Å²) in [7, 11) is 3.52. The molecule has 1 aliphatic carbocycles. The minimum Gasteiger partial charge on any atom is -0.496 e. The fourth-order valence-electron chi connectivity index (χ4n) is 5.17. The number of methoxy groups -OCH3 is 2. The Balaban J connectivity index is 2.16. The van der Waals surface area contributed by atoms with Crippen LogP contribution in [-0.2, 0) is 5.41 Å². The van der Waals surface area contributed by atoms with E-state index < -0.39 is 0 Å². The highest BCUT2D eigenvalue weighted by Crippen LogP contribution is 2.57. The Morgan fingerprint density at radius 1 is 0.645 bits per heavy atom. The Bertz CT molecular complexity index is 818. The molecule has 31 heavy (non-hydrogen) atoms. The summed E-state index contributed by atoms with van der Waals surface area (Å²) in [5.41, 5.74) is 5.54. The van der Waals surface area contributed by atoms with Crippen LogP contribution in [0.2, 0.25) is 0 Å². The lowest BCUT2D eigenvalue weighted by molar-refractivity contribution is 0.386. The molecule has 2 nitrogen and oxygen atoms in total. The molecular weight excluding hydrogens is 516 g/mol. The first-order valence-corrected chi connectivity index (χ1v) is 13.4. The van der Waals surface area contributed by atoms with Crippen LogP contribution in [0.1, 0.15) is 89.2 Å². The summed E-state index contributed by atoms with van der Waals surface area (Å²) in [4.78, 5) is 0. The van der Waals surface area contributed by atoms with Gasteiger partial charge in [-0.15, -0.1) is 0 Å². The van der Waals surface area contributed by atoms with E-state index in [1.54, 1.807) is 14.2 Å². The van der Waals surface area contributed by atoms with Crippen LogP contribution < -0.4 is 9.47 Å². The highest BCUT2D eigenvalue weighted by molar-refractivity contribution is 9.11. The van der Waals surface area contributed by atoms with Crippen molar-refractivity contribution in [2.45, 2.75) is 83.5 Å². The SMILES string of the molecule is CCCCCCC1(CCCCCC)c2cc(OC)c(Br)cc2-c2cc(Br)c(OC)cc21. The number of rotatable bonds is 12. The highest BCUT2D eigenvalue weighted by Gasteiger charge is 2.43. The van der Waals surface area contributed by atoms with Crippen molar-refractivity contribution in [1.82, 2.24) is 0 Å². The van der Waals surface area contributed by atoms with Gasteiger partial charge in [-0.05, 0) is 91.2 Å². The molecule has 0 amide bonds. The monoisotopic (exact) mass is 550 g/mol. The first kappa shape index (κ1) is 24.6. The third kappa shape index (κ3) is 5.00. The second-order valence-corrected chi connectivity index (χ2v) is 10.5. The van der Waals surface area contributed by atoms with E-state index in [2.05, 4.69) is 70.0 Å². The van der Waals surface area contributed by atoms with Gasteiger partial charge in [-0.2, -0.15) is 0 Å². The lowest BCUT2D eigenvalue weighted by Crippen LogP contribution is -2.25. The van der Waals surface area contributed by atoms with Gasteiger partial charge >= 0.3 is 0 Å². The molecule has 0 heterocycles. The highest BCUT2D eigenvalue weighted by atomic mass is 79.9. The summed E-state index contributed by atoms with van der Waals surface area (Å²) in [6.07, 6.45) is 12.6. The van der Waals surface area contributed by atoms with Gasteiger partial charge in [0, 0.05) is 5.41 Å². The summed E-state index contributed by atoms with van der Waals surface area (Å²) in [5, 5.41) is 0. The average molecular weight is 552 g/mol. The van der Waals surface area contributed by atoms with Crippen LogP contribution in [0, 0.1) is 0 Å². The van der Waals surface area contributed by atoms with E-state index in [9.17, 15) is 0 Å². The zero-order valence-electron chi connectivity index (χ0n) is 19.5. The number of benzene rings is 2. The smallest absolute Gasteiger partial charge is 0.133 e. The predicted molar refractivity (Wildman–Crippen MR) is 139 cm³/mol. The minimum atomic E-state index is 0.0219. The Kier molecular flexibility index (Phi) is 8.92. The van der Waals surface area contributed by atoms with Gasteiger partial charge in [-0.25, -0.2) is 0 Å². The first-order chi connectivity index (χ1) is 15.0. The van der Waals surface area contributed by atoms with Gasteiger partial charge in [0.2, 0.25) is 0 Å². The quantitative estimate of drug-likeness (QED) is 0.244. The molecule has 0 spiro atoms. The molecule has 0 aromatic heterocycles. The molecule has 4 heteroatoms. The second kappa shape index (κ2) is 11.2. The van der Waals surface area contributed by atoms with Crippen molar-refractivity contribution in [2.24, 2.45) is 0 Å². The van der Waals surface area contributed by atoms with Crippen LogP contribution in [0.5, 0.6) is 11.5 Å². The van der Waals surface area contributed by atoms with Crippen molar-refractivity contribution < 1.29 is 9.47 Å². The largest absolute Gasteiger partial charge is 0.496 e. The number of fused-ring (bicyclic) bond motifs is 3. The topological polar surface area (TPSA) is 18.5 Å². The van der Waals surface area contributed by atoms with Gasteiger partial charge in [0.05, 0.1) is 23.2 Å². The summed E-state index contributed by atoms with van der Waals surface area (Å²) in [6.45, 7) is 4.57. The number of unbranched alkanes of at least 4 members (excludes halogenated alkanes) is 6. The minimum absolute atomic E-state index is 0.0219. The lowest BCUT2D eigenvalue weighted by atomic mass is 9.70. The van der Waals surface area contributed by atoms with Gasteiger partial charge in [0.15, 0.2) is 0 Å². The van der Waals surface area contributed by atoms with Crippen molar-refractivity contribution >= 4 is 31.9 Å². The Morgan fingerprint density at radius 2 is 1.06 bits per heavy atom. The van der Waals surface area contributed by atoms with E-state index in [1.807, 2.05) is 0 Å². The molecule has 0 N–H and O–H groups in total. The third-order valence-corrected chi connectivity index (χ3v) is 8.06. The third-order valence-electron chi connectivity index (χ3n) is 6.82. The molecule has 3 rings (SSSR count). The number of ether oxygens (including phenoxy) is 2. The molecule has 0 saturated carbocycles. The molecule has 0 fully saturated rings. The summed E-state index contributed by atoms with van der Waals surface area (Å²) in [5.74, 6) is 1.84. The molecule has 2 aromatic rings. The molecular formula is C27H36Br2O2. The van der Waals surface area contributed by atoms with Crippen LogP contribution >= 0.6 is 31.9 Å².